The lowest BCUT2D eigenvalue weighted by Crippen LogP contribution is -2.27. The molecule has 0 spiro atoms. The third-order valence-electron chi connectivity index (χ3n) is 9.28. The average Bonchev–Trinajstić information content (AvgIpc) is 3.08. The van der Waals surface area contributed by atoms with Gasteiger partial charge in [0, 0.05) is 13.0 Å². The Morgan fingerprint density at radius 1 is 0.511 bits per heavy atom. The summed E-state index contributed by atoms with van der Waals surface area (Å²) in [6.07, 6.45) is 49.5. The van der Waals surface area contributed by atoms with Crippen LogP contribution in [0.4, 0.5) is 0 Å². The fraction of sp³-hybridized carbons (Fsp3) is 0.884. The van der Waals surface area contributed by atoms with E-state index in [1.807, 2.05) is 0 Å². The van der Waals surface area contributed by atoms with E-state index in [9.17, 15) is 9.90 Å². The zero-order chi connectivity index (χ0) is 34.1. The summed E-state index contributed by atoms with van der Waals surface area (Å²) in [4.78, 5) is 12.2. The zero-order valence-corrected chi connectivity index (χ0v) is 31.8. The van der Waals surface area contributed by atoms with E-state index in [4.69, 9.17) is 9.47 Å². The summed E-state index contributed by atoms with van der Waals surface area (Å²) in [6, 6.07) is 0. The number of carbonyl (C=O) groups is 1. The van der Waals surface area contributed by atoms with Crippen LogP contribution >= 0.6 is 0 Å². The standard InChI is InChI=1S/C43H82O4/c1-3-5-7-9-11-13-15-17-19-20-21-22-23-24-26-28-30-32-34-36-38-43(45)47-42(40-44)41-46-39-37-35-33-31-29-27-25-18-16-14-12-10-8-6-4-2/h10,12,16,18,42,44H,3-9,11,13-15,17,19-41H2,1-2H3/b12-10-,18-16-. The van der Waals surface area contributed by atoms with Gasteiger partial charge in [0.1, 0.15) is 6.10 Å². The van der Waals surface area contributed by atoms with E-state index in [0.29, 0.717) is 19.6 Å². The average molecular weight is 663 g/mol. The molecule has 0 aliphatic carbocycles. The molecule has 0 radical (unpaired) electrons. The van der Waals surface area contributed by atoms with Gasteiger partial charge in [-0.1, -0.05) is 199 Å². The van der Waals surface area contributed by atoms with E-state index >= 15 is 0 Å². The van der Waals surface area contributed by atoms with Crippen molar-refractivity contribution in [1.82, 2.24) is 0 Å². The van der Waals surface area contributed by atoms with Crippen LogP contribution in [-0.4, -0.2) is 37.0 Å². The van der Waals surface area contributed by atoms with Crippen LogP contribution in [0.15, 0.2) is 24.3 Å². The van der Waals surface area contributed by atoms with Crippen LogP contribution < -0.4 is 0 Å². The van der Waals surface area contributed by atoms with Crippen molar-refractivity contribution < 1.29 is 19.4 Å². The molecule has 0 heterocycles. The number of rotatable bonds is 39. The fourth-order valence-corrected chi connectivity index (χ4v) is 6.11. The van der Waals surface area contributed by atoms with Crippen molar-refractivity contribution >= 4 is 5.97 Å². The molecule has 0 fully saturated rings. The van der Waals surface area contributed by atoms with Gasteiger partial charge in [-0.15, -0.1) is 0 Å². The van der Waals surface area contributed by atoms with Gasteiger partial charge in [0.25, 0.3) is 0 Å². The summed E-state index contributed by atoms with van der Waals surface area (Å²) >= 11 is 0. The van der Waals surface area contributed by atoms with E-state index in [2.05, 4.69) is 38.2 Å². The van der Waals surface area contributed by atoms with Crippen molar-refractivity contribution in [1.29, 1.82) is 0 Å². The van der Waals surface area contributed by atoms with Gasteiger partial charge in [0.05, 0.1) is 13.2 Å². The first kappa shape index (κ1) is 45.9. The molecule has 278 valence electrons. The number of aliphatic hydroxyl groups is 1. The molecule has 0 aromatic carbocycles. The summed E-state index contributed by atoms with van der Waals surface area (Å²) in [5.41, 5.74) is 0. The summed E-state index contributed by atoms with van der Waals surface area (Å²) < 4.78 is 11.1. The van der Waals surface area contributed by atoms with E-state index in [0.717, 1.165) is 25.7 Å². The Morgan fingerprint density at radius 3 is 1.38 bits per heavy atom. The number of aliphatic hydroxyl groups excluding tert-OH is 1. The molecule has 1 N–H and O–H groups in total. The molecule has 1 atom stereocenters. The smallest absolute Gasteiger partial charge is 0.306 e. The summed E-state index contributed by atoms with van der Waals surface area (Å²) in [6.45, 7) is 5.32. The second kappa shape index (κ2) is 41.0. The summed E-state index contributed by atoms with van der Waals surface area (Å²) in [7, 11) is 0. The highest BCUT2D eigenvalue weighted by atomic mass is 16.6. The lowest BCUT2D eigenvalue weighted by Gasteiger charge is -2.15. The second-order valence-electron chi connectivity index (χ2n) is 14.1. The molecule has 0 rings (SSSR count). The predicted molar refractivity (Wildman–Crippen MR) is 205 cm³/mol. The van der Waals surface area contributed by atoms with Crippen molar-refractivity contribution in [2.45, 2.75) is 225 Å². The molecular formula is C43H82O4. The number of carbonyl (C=O) groups excluding carboxylic acids is 1. The van der Waals surface area contributed by atoms with Gasteiger partial charge < -0.3 is 14.6 Å². The minimum absolute atomic E-state index is 0.172. The Labute approximate surface area is 294 Å². The number of hydrogen-bond donors (Lipinski definition) is 1. The van der Waals surface area contributed by atoms with Gasteiger partial charge in [-0.05, 0) is 38.5 Å². The molecule has 0 aromatic rings. The molecule has 0 aromatic heterocycles. The van der Waals surface area contributed by atoms with Crippen LogP contribution in [0.25, 0.3) is 0 Å². The van der Waals surface area contributed by atoms with E-state index < -0.39 is 6.10 Å². The van der Waals surface area contributed by atoms with Crippen LogP contribution in [-0.2, 0) is 14.3 Å². The Balaban J connectivity index is 3.40. The first-order valence-corrected chi connectivity index (χ1v) is 20.9. The third kappa shape index (κ3) is 39.2. The van der Waals surface area contributed by atoms with Gasteiger partial charge in [-0.2, -0.15) is 0 Å². The normalized spacial score (nSPS) is 12.5. The highest BCUT2D eigenvalue weighted by Gasteiger charge is 2.13. The van der Waals surface area contributed by atoms with Crippen molar-refractivity contribution in [2.24, 2.45) is 0 Å². The number of unbranched alkanes of at least 4 members (excludes halogenated alkanes) is 27. The van der Waals surface area contributed by atoms with Gasteiger partial charge in [-0.25, -0.2) is 0 Å². The fourth-order valence-electron chi connectivity index (χ4n) is 6.11. The molecule has 0 amide bonds. The molecule has 4 nitrogen and oxygen atoms in total. The van der Waals surface area contributed by atoms with Gasteiger partial charge in [0.15, 0.2) is 0 Å². The monoisotopic (exact) mass is 663 g/mol. The lowest BCUT2D eigenvalue weighted by atomic mass is 10.0. The van der Waals surface area contributed by atoms with Gasteiger partial charge >= 0.3 is 5.97 Å². The van der Waals surface area contributed by atoms with E-state index in [-0.39, 0.29) is 12.6 Å². The highest BCUT2D eigenvalue weighted by molar-refractivity contribution is 5.69. The van der Waals surface area contributed by atoms with Crippen LogP contribution in [0, 0.1) is 0 Å². The summed E-state index contributed by atoms with van der Waals surface area (Å²) in [5.74, 6) is -0.201. The Kier molecular flexibility index (Phi) is 40.1. The Hall–Kier alpha value is -1.13. The van der Waals surface area contributed by atoms with Crippen LogP contribution in [0.3, 0.4) is 0 Å². The molecule has 1 unspecified atom stereocenters. The zero-order valence-electron chi connectivity index (χ0n) is 31.8. The second-order valence-corrected chi connectivity index (χ2v) is 14.1. The molecule has 47 heavy (non-hydrogen) atoms. The molecule has 0 saturated heterocycles. The first-order chi connectivity index (χ1) is 23.2. The maximum absolute atomic E-state index is 12.2. The SMILES string of the molecule is CCCC/C=C\C/C=C\CCCCCCCCOCC(CO)OC(=O)CCCCCCCCCCCCCCCCCCCCCC. The van der Waals surface area contributed by atoms with Crippen LogP contribution in [0.1, 0.15) is 219 Å². The number of ether oxygens (including phenoxy) is 2. The molecule has 0 saturated carbocycles. The lowest BCUT2D eigenvalue weighted by molar-refractivity contribution is -0.154. The van der Waals surface area contributed by atoms with Crippen molar-refractivity contribution in [2.75, 3.05) is 19.8 Å². The van der Waals surface area contributed by atoms with Gasteiger partial charge in [0.2, 0.25) is 0 Å². The van der Waals surface area contributed by atoms with Crippen molar-refractivity contribution in [3.8, 4) is 0 Å². The molecule has 0 aliphatic rings. The van der Waals surface area contributed by atoms with Crippen LogP contribution in [0.5, 0.6) is 0 Å². The molecule has 4 heteroatoms. The highest BCUT2D eigenvalue weighted by Crippen LogP contribution is 2.15. The minimum Gasteiger partial charge on any atom is -0.457 e. The molecule has 0 aliphatic heterocycles. The van der Waals surface area contributed by atoms with E-state index in [1.54, 1.807) is 0 Å². The Bertz CT molecular complexity index is 658. The quantitative estimate of drug-likeness (QED) is 0.0404. The number of allylic oxidation sites excluding steroid dienone is 4. The maximum Gasteiger partial charge on any atom is 0.306 e. The van der Waals surface area contributed by atoms with Crippen molar-refractivity contribution in [3.05, 3.63) is 24.3 Å². The maximum atomic E-state index is 12.2. The minimum atomic E-state index is -0.535. The van der Waals surface area contributed by atoms with Gasteiger partial charge in [-0.3, -0.25) is 4.79 Å². The molecular weight excluding hydrogens is 580 g/mol. The summed E-state index contributed by atoms with van der Waals surface area (Å²) in [5, 5.41) is 9.59. The Morgan fingerprint density at radius 2 is 0.915 bits per heavy atom. The third-order valence-corrected chi connectivity index (χ3v) is 9.28. The largest absolute Gasteiger partial charge is 0.457 e. The van der Waals surface area contributed by atoms with Crippen molar-refractivity contribution in [3.63, 3.8) is 0 Å². The predicted octanol–water partition coefficient (Wildman–Crippen LogP) is 13.5. The molecule has 0 bridgehead atoms. The van der Waals surface area contributed by atoms with E-state index in [1.165, 1.54) is 173 Å². The topological polar surface area (TPSA) is 55.8 Å². The first-order valence-electron chi connectivity index (χ1n) is 20.9. The van der Waals surface area contributed by atoms with Crippen LogP contribution in [0.2, 0.25) is 0 Å². The number of esters is 1. The number of hydrogen-bond acceptors (Lipinski definition) is 4.